The van der Waals surface area contributed by atoms with Gasteiger partial charge in [-0.3, -0.25) is 9.59 Å². The zero-order valence-corrected chi connectivity index (χ0v) is 17.7. The molecule has 2 atom stereocenters. The van der Waals surface area contributed by atoms with E-state index in [1.807, 2.05) is 50.4 Å². The molecular weight excluding hydrogens is 392 g/mol. The molecular formula is C21H24N2O5S. The summed E-state index contributed by atoms with van der Waals surface area (Å²) in [6, 6.07) is 7.60. The second kappa shape index (κ2) is 6.73. The summed E-state index contributed by atoms with van der Waals surface area (Å²) < 4.78 is 16.6. The third-order valence-electron chi connectivity index (χ3n) is 5.30. The first-order valence-corrected chi connectivity index (χ1v) is 10.5. The highest BCUT2D eigenvalue weighted by molar-refractivity contribution is 7.13. The van der Waals surface area contributed by atoms with Gasteiger partial charge in [-0.05, 0) is 52.0 Å². The van der Waals surface area contributed by atoms with E-state index >= 15 is 0 Å². The third kappa shape index (κ3) is 3.46. The summed E-state index contributed by atoms with van der Waals surface area (Å²) in [6.07, 6.45) is 0.544. The Balaban J connectivity index is 1.52. The summed E-state index contributed by atoms with van der Waals surface area (Å²) >= 11 is 1.42. The van der Waals surface area contributed by atoms with Gasteiger partial charge < -0.3 is 19.5 Å². The van der Waals surface area contributed by atoms with E-state index in [1.54, 1.807) is 6.92 Å². The minimum absolute atomic E-state index is 0.229. The molecule has 2 aromatic rings. The van der Waals surface area contributed by atoms with Crippen LogP contribution in [0, 0.1) is 5.41 Å². The Morgan fingerprint density at radius 2 is 1.79 bits per heavy atom. The maximum absolute atomic E-state index is 12.7. The molecule has 7 nitrogen and oxygen atoms in total. The number of anilines is 2. The van der Waals surface area contributed by atoms with Crippen molar-refractivity contribution < 1.29 is 23.8 Å². The molecule has 154 valence electrons. The Bertz CT molecular complexity index is 954. The van der Waals surface area contributed by atoms with Crippen LogP contribution in [0.3, 0.4) is 0 Å². The smallest absolute Gasteiger partial charge is 0.324 e. The number of carbonyl (C=O) groups is 2. The van der Waals surface area contributed by atoms with Crippen LogP contribution in [0.5, 0.6) is 5.75 Å². The molecule has 2 saturated heterocycles. The van der Waals surface area contributed by atoms with Crippen LogP contribution >= 0.6 is 11.3 Å². The molecule has 2 fully saturated rings. The van der Waals surface area contributed by atoms with Gasteiger partial charge in [0.05, 0.1) is 12.3 Å². The van der Waals surface area contributed by atoms with Crippen LogP contribution in [0.15, 0.2) is 29.6 Å². The van der Waals surface area contributed by atoms with Gasteiger partial charge in [-0.1, -0.05) is 0 Å². The number of rotatable bonds is 5. The highest BCUT2D eigenvalue weighted by atomic mass is 32.1. The van der Waals surface area contributed by atoms with Gasteiger partial charge in [0.2, 0.25) is 0 Å². The van der Waals surface area contributed by atoms with Crippen molar-refractivity contribution in [3.63, 3.8) is 0 Å². The van der Waals surface area contributed by atoms with E-state index in [1.165, 1.54) is 11.3 Å². The standard InChI is InChI=1S/C21H24N2O5S/c1-5-26-14-8-6-13(7-9-14)22-18-23-15(10-29-18)20(4)12-21(17(25)28-20)11-19(2,3)27-16(21)24/h6-10H,5,11-12H2,1-4H3,(H,22,23)/t20-,21-/m1/s1. The van der Waals surface area contributed by atoms with Crippen molar-refractivity contribution in [2.24, 2.45) is 5.41 Å². The van der Waals surface area contributed by atoms with Gasteiger partial charge in [0.25, 0.3) is 0 Å². The van der Waals surface area contributed by atoms with Crippen LogP contribution in [0.25, 0.3) is 0 Å². The fraction of sp³-hybridized carbons (Fsp3) is 0.476. The Morgan fingerprint density at radius 1 is 1.10 bits per heavy atom. The van der Waals surface area contributed by atoms with E-state index < -0.39 is 28.6 Å². The Hall–Kier alpha value is -2.61. The molecule has 1 spiro atoms. The molecule has 1 aromatic heterocycles. The molecule has 0 bridgehead atoms. The highest BCUT2D eigenvalue weighted by Crippen LogP contribution is 2.54. The SMILES string of the molecule is CCOc1ccc(Nc2nc([C@@]3(C)C[C@@]4(CC(C)(C)OC4=O)C(=O)O3)cs2)cc1. The van der Waals surface area contributed by atoms with E-state index in [9.17, 15) is 9.59 Å². The van der Waals surface area contributed by atoms with E-state index in [4.69, 9.17) is 14.2 Å². The molecule has 2 aliphatic heterocycles. The number of esters is 2. The molecule has 0 radical (unpaired) electrons. The number of thiazole rings is 1. The lowest BCUT2D eigenvalue weighted by atomic mass is 9.75. The number of nitrogens with zero attached hydrogens (tertiary/aromatic N) is 1. The maximum Gasteiger partial charge on any atom is 0.324 e. The van der Waals surface area contributed by atoms with Gasteiger partial charge in [0, 0.05) is 23.9 Å². The molecule has 0 unspecified atom stereocenters. The normalized spacial score (nSPS) is 27.7. The topological polar surface area (TPSA) is 86.8 Å². The van der Waals surface area contributed by atoms with E-state index in [0.29, 0.717) is 23.9 Å². The van der Waals surface area contributed by atoms with Crippen molar-refractivity contribution in [1.82, 2.24) is 4.98 Å². The average Bonchev–Trinajstić information content (AvgIpc) is 3.27. The monoisotopic (exact) mass is 416 g/mol. The molecule has 0 saturated carbocycles. The predicted molar refractivity (Wildman–Crippen MR) is 108 cm³/mol. The van der Waals surface area contributed by atoms with Crippen molar-refractivity contribution >= 4 is 34.1 Å². The second-order valence-corrected chi connectivity index (χ2v) is 9.18. The van der Waals surface area contributed by atoms with Crippen LogP contribution < -0.4 is 10.1 Å². The first-order chi connectivity index (χ1) is 13.7. The third-order valence-corrected chi connectivity index (χ3v) is 6.06. The lowest BCUT2D eigenvalue weighted by Gasteiger charge is -2.20. The fourth-order valence-corrected chi connectivity index (χ4v) is 4.95. The van der Waals surface area contributed by atoms with Crippen molar-refractivity contribution in [1.29, 1.82) is 0 Å². The zero-order valence-electron chi connectivity index (χ0n) is 16.9. The van der Waals surface area contributed by atoms with Gasteiger partial charge in [-0.25, -0.2) is 4.98 Å². The van der Waals surface area contributed by atoms with Crippen molar-refractivity contribution in [2.45, 2.75) is 51.7 Å². The molecule has 29 heavy (non-hydrogen) atoms. The first-order valence-electron chi connectivity index (χ1n) is 9.59. The number of hydrogen-bond donors (Lipinski definition) is 1. The van der Waals surface area contributed by atoms with Gasteiger partial charge in [0.1, 0.15) is 11.4 Å². The largest absolute Gasteiger partial charge is 0.494 e. The van der Waals surface area contributed by atoms with E-state index in [2.05, 4.69) is 10.3 Å². The molecule has 8 heteroatoms. The summed E-state index contributed by atoms with van der Waals surface area (Å²) in [4.78, 5) is 29.8. The van der Waals surface area contributed by atoms with E-state index in [-0.39, 0.29) is 6.42 Å². The zero-order chi connectivity index (χ0) is 20.9. The summed E-state index contributed by atoms with van der Waals surface area (Å²) in [7, 11) is 0. The van der Waals surface area contributed by atoms with Gasteiger partial charge >= 0.3 is 11.9 Å². The minimum Gasteiger partial charge on any atom is -0.494 e. The number of hydrogen-bond acceptors (Lipinski definition) is 8. The minimum atomic E-state index is -1.25. The summed E-state index contributed by atoms with van der Waals surface area (Å²) in [5.41, 5.74) is -1.39. The van der Waals surface area contributed by atoms with Crippen LogP contribution in [-0.2, 0) is 24.7 Å². The summed E-state index contributed by atoms with van der Waals surface area (Å²) in [6.45, 7) is 7.98. The first kappa shape index (κ1) is 19.7. The molecule has 0 amide bonds. The molecule has 1 N–H and O–H groups in total. The van der Waals surface area contributed by atoms with Gasteiger partial charge in [-0.2, -0.15) is 0 Å². The van der Waals surface area contributed by atoms with Crippen molar-refractivity contribution in [3.05, 3.63) is 35.3 Å². The number of carbonyl (C=O) groups excluding carboxylic acids is 2. The Morgan fingerprint density at radius 3 is 2.41 bits per heavy atom. The van der Waals surface area contributed by atoms with E-state index in [0.717, 1.165) is 11.4 Å². The number of ether oxygens (including phenoxy) is 3. The molecule has 2 aliphatic rings. The molecule has 4 rings (SSSR count). The number of cyclic esters (lactones) is 2. The van der Waals surface area contributed by atoms with Gasteiger partial charge in [-0.15, -0.1) is 11.3 Å². The average molecular weight is 416 g/mol. The lowest BCUT2D eigenvalue weighted by Crippen LogP contribution is -2.32. The van der Waals surface area contributed by atoms with Crippen molar-refractivity contribution in [3.8, 4) is 5.75 Å². The van der Waals surface area contributed by atoms with Crippen molar-refractivity contribution in [2.75, 3.05) is 11.9 Å². The summed E-state index contributed by atoms with van der Waals surface area (Å²) in [5, 5.41) is 5.78. The van der Waals surface area contributed by atoms with Crippen LogP contribution in [-0.4, -0.2) is 29.1 Å². The summed E-state index contributed by atoms with van der Waals surface area (Å²) in [5.74, 6) is -0.219. The Kier molecular flexibility index (Phi) is 4.57. The fourth-order valence-electron chi connectivity index (χ4n) is 4.10. The number of benzene rings is 1. The lowest BCUT2D eigenvalue weighted by molar-refractivity contribution is -0.161. The number of aromatic nitrogens is 1. The molecule has 3 heterocycles. The molecule has 1 aromatic carbocycles. The molecule has 0 aliphatic carbocycles. The van der Waals surface area contributed by atoms with Crippen LogP contribution in [0.4, 0.5) is 10.8 Å². The second-order valence-electron chi connectivity index (χ2n) is 8.33. The maximum atomic E-state index is 12.7. The van der Waals surface area contributed by atoms with Crippen LogP contribution in [0.1, 0.15) is 46.2 Å². The number of nitrogens with one attached hydrogen (secondary N) is 1. The Labute approximate surface area is 173 Å². The van der Waals surface area contributed by atoms with Crippen LogP contribution in [0.2, 0.25) is 0 Å². The quantitative estimate of drug-likeness (QED) is 0.578. The predicted octanol–water partition coefficient (Wildman–Crippen LogP) is 4.16. The highest BCUT2D eigenvalue weighted by Gasteiger charge is 2.67. The van der Waals surface area contributed by atoms with Gasteiger partial charge in [0.15, 0.2) is 16.1 Å².